The molecule has 148 valence electrons. The van der Waals surface area contributed by atoms with Crippen molar-refractivity contribution in [2.24, 2.45) is 0 Å². The molecule has 2 aromatic carbocycles. The van der Waals surface area contributed by atoms with Gasteiger partial charge in [0.2, 0.25) is 0 Å². The maximum Gasteiger partial charge on any atom is 0.135 e. The third-order valence-electron chi connectivity index (χ3n) is 6.22. The molecule has 4 rings (SSSR count). The number of nitrogens with one attached hydrogen (secondary N) is 1. The van der Waals surface area contributed by atoms with E-state index in [2.05, 4.69) is 5.32 Å². The molecule has 1 heterocycles. The number of halogens is 1. The molecule has 1 aliphatic carbocycles. The van der Waals surface area contributed by atoms with Gasteiger partial charge in [0, 0.05) is 12.7 Å². The first-order valence-electron chi connectivity index (χ1n) is 9.73. The molecule has 0 radical (unpaired) electrons. The molecule has 28 heavy (non-hydrogen) atoms. The van der Waals surface area contributed by atoms with Crippen molar-refractivity contribution in [2.75, 3.05) is 7.11 Å². The highest BCUT2D eigenvalue weighted by Gasteiger charge is 2.47. The van der Waals surface area contributed by atoms with Crippen molar-refractivity contribution >= 4 is 5.57 Å². The summed E-state index contributed by atoms with van der Waals surface area (Å²) in [6.07, 6.45) is 2.37. The maximum absolute atomic E-state index is 13.3. The number of hydrogen-bond donors (Lipinski definition) is 3. The van der Waals surface area contributed by atoms with E-state index in [1.165, 1.54) is 12.1 Å². The molecule has 1 aliphatic heterocycles. The molecule has 2 aromatic rings. The first-order valence-corrected chi connectivity index (χ1v) is 9.73. The summed E-state index contributed by atoms with van der Waals surface area (Å²) < 4.78 is 18.7. The molecule has 4 nitrogen and oxygen atoms in total. The first-order chi connectivity index (χ1) is 13.4. The summed E-state index contributed by atoms with van der Waals surface area (Å²) in [6, 6.07) is 12.2. The summed E-state index contributed by atoms with van der Waals surface area (Å²) in [6.45, 7) is 1.96. The second kappa shape index (κ2) is 7.32. The van der Waals surface area contributed by atoms with Crippen LogP contribution in [0, 0.1) is 12.7 Å². The molecule has 0 amide bonds. The van der Waals surface area contributed by atoms with Crippen LogP contribution in [-0.2, 0) is 4.74 Å². The van der Waals surface area contributed by atoms with Gasteiger partial charge in [-0.05, 0) is 73.1 Å². The molecule has 0 saturated heterocycles. The van der Waals surface area contributed by atoms with Gasteiger partial charge >= 0.3 is 0 Å². The Balaban J connectivity index is 1.73. The van der Waals surface area contributed by atoms with E-state index in [1.54, 1.807) is 19.2 Å². The van der Waals surface area contributed by atoms with Gasteiger partial charge in [-0.3, -0.25) is 5.32 Å². The zero-order chi connectivity index (χ0) is 19.9. The van der Waals surface area contributed by atoms with Crippen LogP contribution in [0.2, 0.25) is 0 Å². The lowest BCUT2D eigenvalue weighted by atomic mass is 9.79. The van der Waals surface area contributed by atoms with Gasteiger partial charge in [-0.15, -0.1) is 0 Å². The predicted octanol–water partition coefficient (Wildman–Crippen LogP) is 4.32. The smallest absolute Gasteiger partial charge is 0.135 e. The van der Waals surface area contributed by atoms with E-state index in [0.717, 1.165) is 35.1 Å². The third kappa shape index (κ3) is 3.24. The Labute approximate surface area is 164 Å². The monoisotopic (exact) mass is 383 g/mol. The summed E-state index contributed by atoms with van der Waals surface area (Å²) in [5.74, 6) is -0.0469. The Morgan fingerprint density at radius 2 is 1.71 bits per heavy atom. The highest BCUT2D eigenvalue weighted by Crippen LogP contribution is 2.44. The van der Waals surface area contributed by atoms with Crippen LogP contribution < -0.4 is 5.32 Å². The molecule has 5 heteroatoms. The molecule has 1 spiro atoms. The summed E-state index contributed by atoms with van der Waals surface area (Å²) in [4.78, 5) is 0. The lowest BCUT2D eigenvalue weighted by Crippen LogP contribution is -2.49. The van der Waals surface area contributed by atoms with E-state index in [9.17, 15) is 14.6 Å². The zero-order valence-corrected chi connectivity index (χ0v) is 16.2. The maximum atomic E-state index is 13.3. The van der Waals surface area contributed by atoms with E-state index in [-0.39, 0.29) is 17.7 Å². The number of aryl methyl sites for hydroxylation is 1. The van der Waals surface area contributed by atoms with Gasteiger partial charge in [0.1, 0.15) is 17.8 Å². The first kappa shape index (κ1) is 19.1. The Morgan fingerprint density at radius 1 is 1.07 bits per heavy atom. The minimum absolute atomic E-state index is 0.199. The zero-order valence-electron chi connectivity index (χ0n) is 16.2. The summed E-state index contributed by atoms with van der Waals surface area (Å²) in [5, 5.41) is 25.1. The van der Waals surface area contributed by atoms with Crippen LogP contribution >= 0.6 is 0 Å². The minimum Gasteiger partial charge on any atom is -0.510 e. The molecule has 1 unspecified atom stereocenters. The number of rotatable bonds is 3. The molecule has 1 atom stereocenters. The fraction of sp³-hybridized carbons (Fsp3) is 0.391. The number of aliphatic hydroxyl groups excluding tert-OH is 2. The molecule has 0 bridgehead atoms. The highest BCUT2D eigenvalue weighted by molar-refractivity contribution is 5.80. The van der Waals surface area contributed by atoms with E-state index in [1.807, 2.05) is 25.1 Å². The summed E-state index contributed by atoms with van der Waals surface area (Å²) in [7, 11) is 1.71. The van der Waals surface area contributed by atoms with Gasteiger partial charge in [-0.2, -0.15) is 0 Å². The number of benzene rings is 2. The number of hydrogen-bond acceptors (Lipinski definition) is 4. The fourth-order valence-electron chi connectivity index (χ4n) is 4.50. The fourth-order valence-corrected chi connectivity index (χ4v) is 4.50. The minimum atomic E-state index is -0.929. The number of ether oxygens (including phenoxy) is 1. The second-order valence-corrected chi connectivity index (χ2v) is 7.86. The van der Waals surface area contributed by atoms with E-state index in [0.29, 0.717) is 18.4 Å². The predicted molar refractivity (Wildman–Crippen MR) is 107 cm³/mol. The topological polar surface area (TPSA) is 61.7 Å². The Hall–Kier alpha value is -2.21. The molecule has 3 N–H and O–H groups in total. The molecular weight excluding hydrogens is 357 g/mol. The van der Waals surface area contributed by atoms with Crippen molar-refractivity contribution in [1.29, 1.82) is 0 Å². The van der Waals surface area contributed by atoms with E-state index >= 15 is 0 Å². The van der Waals surface area contributed by atoms with Gasteiger partial charge in [-0.1, -0.05) is 24.3 Å². The van der Waals surface area contributed by atoms with E-state index < -0.39 is 11.8 Å². The van der Waals surface area contributed by atoms with Crippen LogP contribution in [0.3, 0.4) is 0 Å². The van der Waals surface area contributed by atoms with Crippen molar-refractivity contribution in [1.82, 2.24) is 5.32 Å². The number of methoxy groups -OCH3 is 1. The van der Waals surface area contributed by atoms with Crippen LogP contribution in [-0.4, -0.2) is 35.2 Å². The van der Waals surface area contributed by atoms with Crippen LogP contribution in [0.5, 0.6) is 0 Å². The number of aliphatic hydroxyl groups is 2. The average Bonchev–Trinajstić information content (AvgIpc) is 2.93. The van der Waals surface area contributed by atoms with Gasteiger partial charge in [0.25, 0.3) is 0 Å². The van der Waals surface area contributed by atoms with Crippen LogP contribution in [0.25, 0.3) is 16.7 Å². The average molecular weight is 383 g/mol. The lowest BCUT2D eigenvalue weighted by molar-refractivity contribution is 0.0341. The second-order valence-electron chi connectivity index (χ2n) is 7.86. The van der Waals surface area contributed by atoms with Crippen LogP contribution in [0.15, 0.2) is 48.2 Å². The molecule has 1 saturated carbocycles. The van der Waals surface area contributed by atoms with Crippen LogP contribution in [0.4, 0.5) is 4.39 Å². The Bertz CT molecular complexity index is 899. The van der Waals surface area contributed by atoms with Gasteiger partial charge < -0.3 is 14.9 Å². The van der Waals surface area contributed by atoms with Crippen molar-refractivity contribution in [3.05, 3.63) is 65.2 Å². The molecular formula is C23H26FNO3. The standard InChI is InChI=1S/C23H26FNO3/c1-14-3-4-16(15-5-7-17(24)8-6-15)13-19(14)20-21(26)23(25-22(20)27)11-9-18(28-2)10-12-23/h3-8,13,18,22,25-27H,9-12H2,1-2H3. The van der Waals surface area contributed by atoms with Gasteiger partial charge in [0.15, 0.2) is 0 Å². The Morgan fingerprint density at radius 3 is 2.36 bits per heavy atom. The molecule has 2 aliphatic rings. The SMILES string of the molecule is COC1CCC2(CC1)NC(O)C(c1cc(-c3ccc(F)cc3)ccc1C)=C2O. The Kier molecular flexibility index (Phi) is 5.00. The van der Waals surface area contributed by atoms with Gasteiger partial charge in [0.05, 0.1) is 11.6 Å². The van der Waals surface area contributed by atoms with Crippen molar-refractivity contribution in [3.63, 3.8) is 0 Å². The third-order valence-corrected chi connectivity index (χ3v) is 6.22. The molecule has 1 fully saturated rings. The summed E-state index contributed by atoms with van der Waals surface area (Å²) >= 11 is 0. The van der Waals surface area contributed by atoms with Gasteiger partial charge in [-0.25, -0.2) is 4.39 Å². The largest absolute Gasteiger partial charge is 0.510 e. The van der Waals surface area contributed by atoms with Crippen molar-refractivity contribution < 1.29 is 19.3 Å². The molecule has 0 aromatic heterocycles. The van der Waals surface area contributed by atoms with Crippen molar-refractivity contribution in [2.45, 2.75) is 50.5 Å². The normalized spacial score (nSPS) is 27.6. The van der Waals surface area contributed by atoms with Crippen molar-refractivity contribution in [3.8, 4) is 11.1 Å². The van der Waals surface area contributed by atoms with Crippen LogP contribution in [0.1, 0.15) is 36.8 Å². The highest BCUT2D eigenvalue weighted by atomic mass is 19.1. The lowest BCUT2D eigenvalue weighted by Gasteiger charge is -2.37. The quantitative estimate of drug-likeness (QED) is 0.739. The summed E-state index contributed by atoms with van der Waals surface area (Å²) in [5.41, 5.74) is 3.52. The van der Waals surface area contributed by atoms with E-state index in [4.69, 9.17) is 4.74 Å².